The van der Waals surface area contributed by atoms with E-state index in [1.54, 1.807) is 91.8 Å². The quantitative estimate of drug-likeness (QED) is 0.0636. The summed E-state index contributed by atoms with van der Waals surface area (Å²) >= 11 is 0. The number of nitrogens with zero attached hydrogens (tertiary/aromatic N) is 8. The number of hydrogen-bond donors (Lipinski definition) is 3. The summed E-state index contributed by atoms with van der Waals surface area (Å²) in [5, 5.41) is 15.5. The van der Waals surface area contributed by atoms with E-state index in [-0.39, 0.29) is 152 Å². The van der Waals surface area contributed by atoms with Crippen molar-refractivity contribution in [3.05, 3.63) is 41.1 Å². The highest BCUT2D eigenvalue weighted by atomic mass is 16.6. The van der Waals surface area contributed by atoms with E-state index in [9.17, 15) is 62.6 Å². The number of carbonyl (C=O) groups excluding carboxylic acids is 12. The fourth-order valence-corrected chi connectivity index (χ4v) is 6.92. The van der Waals surface area contributed by atoms with Gasteiger partial charge in [0.25, 0.3) is 5.91 Å². The normalized spacial score (nSPS) is 14.4. The summed E-state index contributed by atoms with van der Waals surface area (Å²) in [7, 11) is 6.94. The van der Waals surface area contributed by atoms with E-state index in [2.05, 4.69) is 20.1 Å². The van der Waals surface area contributed by atoms with Crippen LogP contribution in [0.2, 0.25) is 0 Å². The Morgan fingerprint density at radius 2 is 0.977 bits per heavy atom. The van der Waals surface area contributed by atoms with Crippen molar-refractivity contribution in [2.24, 2.45) is 0 Å². The number of piperazine rings is 4. The van der Waals surface area contributed by atoms with Gasteiger partial charge >= 0.3 is 29.8 Å². The molecule has 0 aliphatic carbocycles. The van der Waals surface area contributed by atoms with Crippen molar-refractivity contribution >= 4 is 71.2 Å². The lowest BCUT2D eigenvalue weighted by molar-refractivity contribution is -0.148. The van der Waals surface area contributed by atoms with E-state index < -0.39 is 29.8 Å². The Morgan fingerprint density at radius 3 is 1.38 bits per heavy atom. The Labute approximate surface area is 515 Å². The second-order valence-corrected chi connectivity index (χ2v) is 17.6. The summed E-state index contributed by atoms with van der Waals surface area (Å²) in [6.45, 7) is 25.9. The maximum absolute atomic E-state index is 11.8. The second kappa shape index (κ2) is 47.9. The fourth-order valence-electron chi connectivity index (χ4n) is 6.92. The molecule has 0 radical (unpaired) electrons. The van der Waals surface area contributed by atoms with Crippen molar-refractivity contribution in [3.63, 3.8) is 0 Å². The molecule has 0 atom stereocenters. The molecule has 87 heavy (non-hydrogen) atoms. The van der Waals surface area contributed by atoms with Crippen molar-refractivity contribution in [3.8, 4) is 5.75 Å². The van der Waals surface area contributed by atoms with Crippen LogP contribution in [0.4, 0.5) is 0 Å². The van der Waals surface area contributed by atoms with Crippen molar-refractivity contribution in [2.45, 2.75) is 105 Å². The molecule has 4 fully saturated rings. The summed E-state index contributed by atoms with van der Waals surface area (Å²) in [6.07, 6.45) is 3.88. The van der Waals surface area contributed by atoms with Gasteiger partial charge in [-0.3, -0.25) is 33.6 Å². The summed E-state index contributed by atoms with van der Waals surface area (Å²) in [6, 6.07) is 0. The largest absolute Gasteiger partial charge is 0.505 e. The van der Waals surface area contributed by atoms with E-state index >= 15 is 0 Å². The molecular weight excluding hydrogens is 1140 g/mol. The molecule has 3 N–H and O–H groups in total. The molecule has 5 aliphatic rings. The molecule has 500 valence electrons. The predicted molar refractivity (Wildman–Crippen MR) is 326 cm³/mol. The molecule has 0 spiro atoms. The predicted octanol–water partition coefficient (Wildman–Crippen LogP) is 2.15. The van der Waals surface area contributed by atoms with E-state index in [1.807, 2.05) is 20.9 Å². The number of esters is 5. The van der Waals surface area contributed by atoms with Crippen LogP contribution < -0.4 is 10.6 Å². The van der Waals surface area contributed by atoms with Crippen LogP contribution in [-0.2, 0) is 82.9 Å². The highest BCUT2D eigenvalue weighted by Gasteiger charge is 2.31. The minimum Gasteiger partial charge on any atom is -0.505 e. The minimum atomic E-state index is -0.739. The number of carbonyl (C=O) groups is 12. The molecule has 1 aromatic heterocycles. The van der Waals surface area contributed by atoms with Crippen LogP contribution in [0.15, 0.2) is 29.8 Å². The molecule has 6 heterocycles. The molecule has 0 aromatic carbocycles. The number of amides is 7. The number of likely N-dealkylation sites (N-methyl/N-ethyl adjacent to an activating group) is 4. The maximum atomic E-state index is 11.8. The third-order valence-electron chi connectivity index (χ3n) is 11.6. The maximum Gasteiger partial charge on any atom is 0.348 e. The SMILES string of the molecule is C.C.C.C.CC.CC(=O)N1CCN(C)C(=O)C1.CC(=O)N1CCNC(=O)C1.CCOC(=O)C(=CN1CCN(C)C(=O)C1)C(=O)OCC.CCOC(=O)c1cn2c(c1O)C(=O)N(C)CC2.CCOC=C(C(=O)OCC)C(=O)OCC.CN1CCNCC1=O. The molecule has 0 saturated carbocycles. The zero-order chi connectivity index (χ0) is 63.4. The van der Waals surface area contributed by atoms with Gasteiger partial charge in [-0.15, -0.1) is 0 Å². The summed E-state index contributed by atoms with van der Waals surface area (Å²) in [4.78, 5) is 146. The molecule has 4 saturated heterocycles. The van der Waals surface area contributed by atoms with Crippen molar-refractivity contribution in [1.29, 1.82) is 0 Å². The van der Waals surface area contributed by atoms with E-state index in [0.717, 1.165) is 19.4 Å². The van der Waals surface area contributed by atoms with E-state index in [4.69, 9.17) is 18.9 Å². The third-order valence-corrected chi connectivity index (χ3v) is 11.6. The number of fused-ring (bicyclic) bond motifs is 1. The van der Waals surface area contributed by atoms with Gasteiger partial charge < -0.3 is 83.0 Å². The fraction of sp³-hybridized carbons (Fsp3) is 0.655. The van der Waals surface area contributed by atoms with E-state index in [0.29, 0.717) is 65.5 Å². The lowest BCUT2D eigenvalue weighted by Crippen LogP contribution is -2.49. The van der Waals surface area contributed by atoms with Crippen LogP contribution in [0, 0.1) is 0 Å². The molecule has 6 rings (SSSR count). The molecule has 29 nitrogen and oxygen atoms in total. The lowest BCUT2D eigenvalue weighted by atomic mass is 10.2. The van der Waals surface area contributed by atoms with Crippen molar-refractivity contribution < 1.29 is 91.1 Å². The van der Waals surface area contributed by atoms with Crippen LogP contribution in [0.3, 0.4) is 0 Å². The molecule has 7 amide bonds. The van der Waals surface area contributed by atoms with Gasteiger partial charge in [-0.25, -0.2) is 24.0 Å². The number of aromatic nitrogens is 1. The van der Waals surface area contributed by atoms with Crippen LogP contribution >= 0.6 is 0 Å². The average molecular weight is 1250 g/mol. The van der Waals surface area contributed by atoms with E-state index in [1.165, 1.54) is 36.0 Å². The monoisotopic (exact) mass is 1240 g/mol. The van der Waals surface area contributed by atoms with Gasteiger partial charge in [0.05, 0.1) is 65.8 Å². The zero-order valence-electron chi connectivity index (χ0n) is 50.7. The van der Waals surface area contributed by atoms with Crippen molar-refractivity contribution in [1.82, 2.24) is 49.5 Å². The number of hydrogen-bond acceptors (Lipinski definition) is 21. The van der Waals surface area contributed by atoms with Crippen LogP contribution in [0.5, 0.6) is 5.75 Å². The Kier molecular flexibility index (Phi) is 48.2. The smallest absolute Gasteiger partial charge is 0.348 e. The summed E-state index contributed by atoms with van der Waals surface area (Å²) in [5.74, 6) is -4.11. The minimum absolute atomic E-state index is 0. The van der Waals surface area contributed by atoms with Crippen LogP contribution in [0.1, 0.15) is 120 Å². The lowest BCUT2D eigenvalue weighted by Gasteiger charge is -2.31. The molecule has 0 bridgehead atoms. The first-order valence-corrected chi connectivity index (χ1v) is 27.3. The highest BCUT2D eigenvalue weighted by Crippen LogP contribution is 2.29. The molecule has 29 heteroatoms. The van der Waals surface area contributed by atoms with Gasteiger partial charge in [-0.2, -0.15) is 0 Å². The molecule has 0 unspecified atom stereocenters. The first-order valence-electron chi connectivity index (χ1n) is 27.3. The molecular formula is C58H104N10O19. The Hall–Kier alpha value is -8.24. The van der Waals surface area contributed by atoms with Gasteiger partial charge in [0.1, 0.15) is 11.8 Å². The average Bonchev–Trinajstić information content (AvgIpc) is 1.82. The van der Waals surface area contributed by atoms with Crippen LogP contribution in [0.25, 0.3) is 0 Å². The number of rotatable bonds is 13. The zero-order valence-corrected chi connectivity index (χ0v) is 50.7. The Bertz CT molecular complexity index is 2370. The van der Waals surface area contributed by atoms with Crippen LogP contribution in [-0.4, -0.2) is 268 Å². The first kappa shape index (κ1) is 87.5. The standard InChI is InChI=1S/C13H20N2O5.C11H14N2O4.C10H16O5.C7H12N2O2.C6H10N2O2.C5H10N2O.C2H6.4CH4/c1-4-19-12(17)10(13(18)20-5-2)8-15-7-6-14(3)11(16)9-15;1-3-17-11(16)7-6-13-5-4-12(2)10(15)8(13)9(7)14;1-4-13-7-8(9(11)14-5-2)10(12)15-6-3;1-6(10)9-4-3-8(2)7(11)5-9;1-5(9)8-3-2-7-6(10)4-8;1-7-3-2-6-4-5(7)8;1-2;;;;/h8H,4-7,9H2,1-3H3;6,14H,3-5H2,1-2H3;7H,4-6H2,1-3H3;3-5H2,1-2H3;2-4H2,1H3,(H,7,10);6H,2-4H2,1H3;1-2H3;4*1H4. The summed E-state index contributed by atoms with van der Waals surface area (Å²) in [5.41, 5.74) is -0.209. The molecule has 1 aromatic rings. The summed E-state index contributed by atoms with van der Waals surface area (Å²) < 4.78 is 30.3. The number of ether oxygens (including phenoxy) is 6. The first-order chi connectivity index (χ1) is 39.3. The number of nitrogens with one attached hydrogen (secondary N) is 2. The van der Waals surface area contributed by atoms with Gasteiger partial charge in [-0.05, 0) is 41.5 Å². The molecule has 5 aliphatic heterocycles. The van der Waals surface area contributed by atoms with Gasteiger partial charge in [0.2, 0.25) is 35.4 Å². The Morgan fingerprint density at radius 1 is 0.529 bits per heavy atom. The second-order valence-electron chi connectivity index (χ2n) is 17.6. The van der Waals surface area contributed by atoms with Gasteiger partial charge in [0.15, 0.2) is 22.6 Å². The van der Waals surface area contributed by atoms with Crippen molar-refractivity contribution in [2.75, 3.05) is 153 Å². The third kappa shape index (κ3) is 31.6. The van der Waals surface area contributed by atoms with Gasteiger partial charge in [0, 0.05) is 120 Å². The van der Waals surface area contributed by atoms with Gasteiger partial charge in [-0.1, -0.05) is 43.6 Å². The highest BCUT2D eigenvalue weighted by molar-refractivity contribution is 6.14. The Balaban J connectivity index is -0.000000311. The topological polar surface area (TPSA) is 332 Å². The number of aromatic hydroxyl groups is 1.